The van der Waals surface area contributed by atoms with Crippen molar-refractivity contribution in [3.8, 4) is 0 Å². The minimum atomic E-state index is -5.08. The second kappa shape index (κ2) is 12.9. The second-order valence-corrected chi connectivity index (χ2v) is 8.01. The fourth-order valence-corrected chi connectivity index (χ4v) is 3.37. The number of carbonyl (C=O) groups excluding carboxylic acids is 2. The van der Waals surface area contributed by atoms with Gasteiger partial charge in [-0.1, -0.05) is 53.5 Å². The third-order valence-electron chi connectivity index (χ3n) is 4.41. The van der Waals surface area contributed by atoms with E-state index in [2.05, 4.69) is 5.32 Å². The number of alkyl halides is 3. The van der Waals surface area contributed by atoms with Crippen molar-refractivity contribution >= 4 is 52.4 Å². The highest BCUT2D eigenvalue weighted by molar-refractivity contribution is 6.35. The van der Waals surface area contributed by atoms with Gasteiger partial charge < -0.3 is 16.2 Å². The average molecular weight is 542 g/mol. The molecule has 3 aromatic rings. The molecule has 0 spiro atoms. The van der Waals surface area contributed by atoms with Crippen molar-refractivity contribution < 1.29 is 32.7 Å². The molecule has 2 amide bonds. The molecule has 36 heavy (non-hydrogen) atoms. The van der Waals surface area contributed by atoms with E-state index in [1.165, 1.54) is 4.90 Å². The van der Waals surface area contributed by atoms with Gasteiger partial charge in [-0.15, -0.1) is 0 Å². The Morgan fingerprint density at radius 2 is 1.50 bits per heavy atom. The lowest BCUT2D eigenvalue weighted by atomic mass is 10.1. The Morgan fingerprint density at radius 3 is 2.03 bits per heavy atom. The number of hydrogen-bond acceptors (Lipinski definition) is 4. The number of nitrogens with one attached hydrogen (secondary N) is 1. The smallest absolute Gasteiger partial charge is 0.475 e. The van der Waals surface area contributed by atoms with Crippen LogP contribution in [0.2, 0.25) is 10.0 Å². The van der Waals surface area contributed by atoms with Crippen LogP contribution in [0, 0.1) is 0 Å². The molecule has 0 unspecified atom stereocenters. The Bertz CT molecular complexity index is 1200. The highest BCUT2D eigenvalue weighted by Crippen LogP contribution is 2.23. The molecule has 12 heteroatoms. The van der Waals surface area contributed by atoms with E-state index in [4.69, 9.17) is 38.8 Å². The molecular formula is C24H20Cl2F3N3O4. The van der Waals surface area contributed by atoms with E-state index >= 15 is 0 Å². The molecule has 0 fully saturated rings. The molecule has 0 heterocycles. The fourth-order valence-electron chi connectivity index (χ4n) is 2.85. The summed E-state index contributed by atoms with van der Waals surface area (Å²) in [5, 5.41) is 10.7. The van der Waals surface area contributed by atoms with Crippen LogP contribution in [0.25, 0.3) is 0 Å². The maximum absolute atomic E-state index is 13.2. The van der Waals surface area contributed by atoms with E-state index in [0.717, 1.165) is 5.56 Å². The lowest BCUT2D eigenvalue weighted by molar-refractivity contribution is -0.192. The first-order valence-electron chi connectivity index (χ1n) is 10.1. The summed E-state index contributed by atoms with van der Waals surface area (Å²) >= 11 is 12.0. The molecule has 4 N–H and O–H groups in total. The molecule has 3 rings (SSSR count). The van der Waals surface area contributed by atoms with E-state index in [1.54, 1.807) is 60.7 Å². The first-order chi connectivity index (χ1) is 16.9. The standard InChI is InChI=1S/C22H19Cl2N3O2.C2HF3O2/c23-17-10-18(24)12-19(11-17)26-21(28)14-27(20-7-2-1-3-8-20)22(29)16-6-4-5-15(9-16)13-25;3-2(4,5)1(6)7/h1-12H,13-14,25H2,(H,26,28);(H,6,7). The molecule has 0 saturated heterocycles. The Kier molecular flexibility index (Phi) is 10.3. The molecule has 7 nitrogen and oxygen atoms in total. The molecule has 0 atom stereocenters. The van der Waals surface area contributed by atoms with E-state index in [0.29, 0.717) is 33.5 Å². The molecule has 0 aliphatic rings. The summed E-state index contributed by atoms with van der Waals surface area (Å²) in [6.45, 7) is 0.141. The van der Waals surface area contributed by atoms with Crippen LogP contribution >= 0.6 is 23.2 Å². The number of nitrogens with two attached hydrogens (primary N) is 1. The van der Waals surface area contributed by atoms with E-state index in [-0.39, 0.29) is 18.4 Å². The zero-order chi connectivity index (χ0) is 26.9. The van der Waals surface area contributed by atoms with Gasteiger partial charge in [0.1, 0.15) is 6.54 Å². The predicted octanol–water partition coefficient (Wildman–Crippen LogP) is 5.37. The van der Waals surface area contributed by atoms with E-state index < -0.39 is 12.1 Å². The molecule has 0 saturated carbocycles. The SMILES string of the molecule is NCc1cccc(C(=O)N(CC(=O)Nc2cc(Cl)cc(Cl)c2)c2ccccc2)c1.O=C(O)C(F)(F)F. The topological polar surface area (TPSA) is 113 Å². The first kappa shape index (κ1) is 28.6. The number of para-hydroxylation sites is 1. The number of amides is 2. The van der Waals surface area contributed by atoms with Gasteiger partial charge in [0.05, 0.1) is 0 Å². The molecule has 0 bridgehead atoms. The Morgan fingerprint density at radius 1 is 0.917 bits per heavy atom. The zero-order valence-electron chi connectivity index (χ0n) is 18.4. The Labute approximate surface area is 214 Å². The number of hydrogen-bond donors (Lipinski definition) is 3. The number of carboxylic acid groups (broad SMARTS) is 1. The molecule has 3 aromatic carbocycles. The Hall–Kier alpha value is -3.60. The minimum absolute atomic E-state index is 0.181. The van der Waals surface area contributed by atoms with Crippen LogP contribution in [0.4, 0.5) is 24.5 Å². The van der Waals surface area contributed by atoms with Crippen molar-refractivity contribution in [2.24, 2.45) is 5.73 Å². The summed E-state index contributed by atoms with van der Waals surface area (Å²) in [5.74, 6) is -3.44. The van der Waals surface area contributed by atoms with Gasteiger partial charge >= 0.3 is 12.1 Å². The highest BCUT2D eigenvalue weighted by atomic mass is 35.5. The average Bonchev–Trinajstić information content (AvgIpc) is 2.82. The lowest BCUT2D eigenvalue weighted by Gasteiger charge is -2.23. The third kappa shape index (κ3) is 8.88. The van der Waals surface area contributed by atoms with Crippen LogP contribution in [0.3, 0.4) is 0 Å². The van der Waals surface area contributed by atoms with Gasteiger partial charge in [0.15, 0.2) is 0 Å². The number of aliphatic carboxylic acids is 1. The number of carboxylic acids is 1. The van der Waals surface area contributed by atoms with Crippen LogP contribution in [-0.4, -0.2) is 35.6 Å². The van der Waals surface area contributed by atoms with Gasteiger partial charge in [-0.05, 0) is 48.0 Å². The molecule has 190 valence electrons. The molecule has 0 aliphatic heterocycles. The van der Waals surface area contributed by atoms with Crippen molar-refractivity contribution in [3.63, 3.8) is 0 Å². The largest absolute Gasteiger partial charge is 0.490 e. The molecule has 0 aromatic heterocycles. The maximum Gasteiger partial charge on any atom is 0.490 e. The number of nitrogens with zero attached hydrogens (tertiary/aromatic N) is 1. The van der Waals surface area contributed by atoms with Gasteiger partial charge in [-0.3, -0.25) is 14.5 Å². The lowest BCUT2D eigenvalue weighted by Crippen LogP contribution is -2.38. The van der Waals surface area contributed by atoms with Crippen molar-refractivity contribution in [1.82, 2.24) is 0 Å². The summed E-state index contributed by atoms with van der Waals surface area (Å²) in [4.78, 5) is 36.1. The number of rotatable bonds is 6. The number of benzene rings is 3. The summed E-state index contributed by atoms with van der Waals surface area (Å²) in [7, 11) is 0. The summed E-state index contributed by atoms with van der Waals surface area (Å²) in [6, 6.07) is 20.8. The number of carbonyl (C=O) groups is 3. The monoisotopic (exact) mass is 541 g/mol. The molecule has 0 aliphatic carbocycles. The number of anilines is 2. The fraction of sp³-hybridized carbons (Fsp3) is 0.125. The van der Waals surface area contributed by atoms with E-state index in [1.807, 2.05) is 12.1 Å². The highest BCUT2D eigenvalue weighted by Gasteiger charge is 2.38. The van der Waals surface area contributed by atoms with E-state index in [9.17, 15) is 22.8 Å². The van der Waals surface area contributed by atoms with Gasteiger partial charge in [0.2, 0.25) is 5.91 Å². The first-order valence-corrected chi connectivity index (χ1v) is 10.9. The van der Waals surface area contributed by atoms with Crippen LogP contribution in [0.15, 0.2) is 72.8 Å². The third-order valence-corrected chi connectivity index (χ3v) is 4.85. The molecule has 0 radical (unpaired) electrons. The van der Waals surface area contributed by atoms with Gasteiger partial charge in [-0.2, -0.15) is 13.2 Å². The summed E-state index contributed by atoms with van der Waals surface area (Å²) in [6.07, 6.45) is -5.08. The van der Waals surface area contributed by atoms with Crippen LogP contribution in [-0.2, 0) is 16.1 Å². The van der Waals surface area contributed by atoms with Crippen molar-refractivity contribution in [3.05, 3.63) is 94.0 Å². The van der Waals surface area contributed by atoms with Gasteiger partial charge in [0, 0.05) is 33.5 Å². The minimum Gasteiger partial charge on any atom is -0.475 e. The second-order valence-electron chi connectivity index (χ2n) is 7.14. The predicted molar refractivity (Wildman–Crippen MR) is 131 cm³/mol. The zero-order valence-corrected chi connectivity index (χ0v) is 19.9. The van der Waals surface area contributed by atoms with Crippen LogP contribution in [0.5, 0.6) is 0 Å². The maximum atomic E-state index is 13.2. The normalized spacial score (nSPS) is 10.6. The van der Waals surface area contributed by atoms with Crippen molar-refractivity contribution in [2.75, 3.05) is 16.8 Å². The Balaban J connectivity index is 0.000000572. The summed E-state index contributed by atoms with van der Waals surface area (Å²) < 4.78 is 31.7. The number of halogens is 5. The van der Waals surface area contributed by atoms with Gasteiger partial charge in [0.25, 0.3) is 5.91 Å². The van der Waals surface area contributed by atoms with Gasteiger partial charge in [-0.25, -0.2) is 4.79 Å². The van der Waals surface area contributed by atoms with Crippen LogP contribution < -0.4 is 16.0 Å². The van der Waals surface area contributed by atoms with Crippen molar-refractivity contribution in [2.45, 2.75) is 12.7 Å². The molecular weight excluding hydrogens is 522 g/mol. The summed E-state index contributed by atoms with van der Waals surface area (Å²) in [5.41, 5.74) is 8.04. The van der Waals surface area contributed by atoms with Crippen LogP contribution in [0.1, 0.15) is 15.9 Å². The van der Waals surface area contributed by atoms with Crippen molar-refractivity contribution in [1.29, 1.82) is 0 Å². The quantitative estimate of drug-likeness (QED) is 0.388.